The first-order valence-electron chi connectivity index (χ1n) is 8.60. The standard InChI is InChI=1S/C20H27NS/c1-4-11-21(12-5-2)17-13-15-7-6-8-18-19(22-3)10-9-16(14-17)20(15)18/h6-10,17H,4-5,11-14H2,1-3H3. The van der Waals surface area contributed by atoms with Crippen LogP contribution in [0.1, 0.15) is 37.8 Å². The van der Waals surface area contributed by atoms with Gasteiger partial charge in [0.25, 0.3) is 0 Å². The highest BCUT2D eigenvalue weighted by atomic mass is 32.2. The third kappa shape index (κ3) is 2.91. The van der Waals surface area contributed by atoms with E-state index in [-0.39, 0.29) is 0 Å². The maximum Gasteiger partial charge on any atom is 0.0176 e. The monoisotopic (exact) mass is 313 g/mol. The van der Waals surface area contributed by atoms with E-state index in [1.54, 1.807) is 16.5 Å². The molecule has 0 aromatic heterocycles. The quantitative estimate of drug-likeness (QED) is 0.678. The van der Waals surface area contributed by atoms with E-state index in [0.717, 1.165) is 0 Å². The van der Waals surface area contributed by atoms with E-state index in [1.807, 2.05) is 11.8 Å². The van der Waals surface area contributed by atoms with E-state index in [1.165, 1.54) is 49.1 Å². The van der Waals surface area contributed by atoms with E-state index >= 15 is 0 Å². The van der Waals surface area contributed by atoms with Crippen molar-refractivity contribution >= 4 is 22.5 Å². The van der Waals surface area contributed by atoms with Crippen LogP contribution in [0.15, 0.2) is 35.2 Å². The molecule has 0 saturated carbocycles. The second-order valence-corrected chi connectivity index (χ2v) is 7.21. The van der Waals surface area contributed by atoms with Gasteiger partial charge in [-0.3, -0.25) is 4.90 Å². The highest BCUT2D eigenvalue weighted by Crippen LogP contribution is 2.36. The van der Waals surface area contributed by atoms with Crippen LogP contribution in [0.5, 0.6) is 0 Å². The van der Waals surface area contributed by atoms with Gasteiger partial charge in [-0.1, -0.05) is 38.1 Å². The van der Waals surface area contributed by atoms with Crippen LogP contribution in [0.25, 0.3) is 10.8 Å². The largest absolute Gasteiger partial charge is 0.300 e. The van der Waals surface area contributed by atoms with Crippen LogP contribution in [0.3, 0.4) is 0 Å². The van der Waals surface area contributed by atoms with Crippen molar-refractivity contribution in [2.75, 3.05) is 19.3 Å². The fourth-order valence-corrected chi connectivity index (χ4v) is 4.54. The zero-order chi connectivity index (χ0) is 15.5. The zero-order valence-corrected chi connectivity index (χ0v) is 14.9. The summed E-state index contributed by atoms with van der Waals surface area (Å²) in [6.45, 7) is 7.05. The van der Waals surface area contributed by atoms with Crippen LogP contribution in [0, 0.1) is 0 Å². The molecule has 1 nitrogen and oxygen atoms in total. The Balaban J connectivity index is 1.98. The maximum atomic E-state index is 2.71. The van der Waals surface area contributed by atoms with Crippen molar-refractivity contribution in [3.8, 4) is 0 Å². The number of hydrogen-bond acceptors (Lipinski definition) is 2. The molecule has 1 aliphatic rings. The predicted octanol–water partition coefficient (Wildman–Crippen LogP) is 5.15. The van der Waals surface area contributed by atoms with E-state index in [9.17, 15) is 0 Å². The van der Waals surface area contributed by atoms with Gasteiger partial charge in [-0.2, -0.15) is 0 Å². The molecule has 1 aliphatic carbocycles. The molecule has 22 heavy (non-hydrogen) atoms. The summed E-state index contributed by atoms with van der Waals surface area (Å²) >= 11 is 1.86. The Hall–Kier alpha value is -0.990. The van der Waals surface area contributed by atoms with Crippen LogP contribution in [-0.4, -0.2) is 30.3 Å². The van der Waals surface area contributed by atoms with Crippen molar-refractivity contribution < 1.29 is 0 Å². The second-order valence-electron chi connectivity index (χ2n) is 6.36. The van der Waals surface area contributed by atoms with Crippen molar-refractivity contribution in [3.63, 3.8) is 0 Å². The molecule has 0 radical (unpaired) electrons. The summed E-state index contributed by atoms with van der Waals surface area (Å²) in [6, 6.07) is 12.3. The fourth-order valence-electron chi connectivity index (χ4n) is 3.94. The SMILES string of the molecule is CCCN(CCC)C1Cc2cccc3c(SC)ccc(c23)C1. The van der Waals surface area contributed by atoms with E-state index in [4.69, 9.17) is 0 Å². The molecule has 0 spiro atoms. The smallest absolute Gasteiger partial charge is 0.0176 e. The summed E-state index contributed by atoms with van der Waals surface area (Å²) in [6.07, 6.45) is 7.10. The first-order valence-corrected chi connectivity index (χ1v) is 9.82. The van der Waals surface area contributed by atoms with Crippen LogP contribution in [-0.2, 0) is 12.8 Å². The van der Waals surface area contributed by atoms with Crippen molar-refractivity contribution in [2.45, 2.75) is 50.5 Å². The number of nitrogens with zero attached hydrogens (tertiary/aromatic N) is 1. The topological polar surface area (TPSA) is 3.24 Å². The van der Waals surface area contributed by atoms with Gasteiger partial charge in [-0.25, -0.2) is 0 Å². The summed E-state index contributed by atoms with van der Waals surface area (Å²) in [4.78, 5) is 4.13. The molecular formula is C20H27NS. The minimum Gasteiger partial charge on any atom is -0.300 e. The van der Waals surface area contributed by atoms with Gasteiger partial charge in [-0.15, -0.1) is 11.8 Å². The van der Waals surface area contributed by atoms with Gasteiger partial charge in [0, 0.05) is 10.9 Å². The first kappa shape index (κ1) is 15.9. The molecule has 2 heteroatoms. The van der Waals surface area contributed by atoms with Gasteiger partial charge >= 0.3 is 0 Å². The van der Waals surface area contributed by atoms with Crippen LogP contribution in [0.4, 0.5) is 0 Å². The summed E-state index contributed by atoms with van der Waals surface area (Å²) in [5.74, 6) is 0. The molecule has 118 valence electrons. The highest BCUT2D eigenvalue weighted by molar-refractivity contribution is 7.98. The molecule has 1 atom stereocenters. The average molecular weight is 314 g/mol. The molecule has 2 aromatic carbocycles. The lowest BCUT2D eigenvalue weighted by Crippen LogP contribution is -2.41. The molecule has 0 saturated heterocycles. The Labute approximate surface area is 139 Å². The van der Waals surface area contributed by atoms with Gasteiger partial charge in [0.05, 0.1) is 0 Å². The minimum absolute atomic E-state index is 0.679. The summed E-state index contributed by atoms with van der Waals surface area (Å²) < 4.78 is 0. The maximum absolute atomic E-state index is 2.71. The number of hydrogen-bond donors (Lipinski definition) is 0. The van der Waals surface area contributed by atoms with Crippen LogP contribution in [0.2, 0.25) is 0 Å². The number of benzene rings is 2. The molecular weight excluding hydrogens is 286 g/mol. The average Bonchev–Trinajstić information content (AvgIpc) is 2.55. The van der Waals surface area contributed by atoms with Gasteiger partial charge < -0.3 is 0 Å². The van der Waals surface area contributed by atoms with Crippen LogP contribution >= 0.6 is 11.8 Å². The molecule has 2 aromatic rings. The fraction of sp³-hybridized carbons (Fsp3) is 0.500. The normalized spacial score (nSPS) is 17.4. The molecule has 1 unspecified atom stereocenters. The van der Waals surface area contributed by atoms with Crippen molar-refractivity contribution in [1.82, 2.24) is 4.90 Å². The minimum atomic E-state index is 0.679. The Morgan fingerprint density at radius 1 is 1.00 bits per heavy atom. The zero-order valence-electron chi connectivity index (χ0n) is 14.1. The Kier molecular flexibility index (Phi) is 5.10. The molecule has 0 N–H and O–H groups in total. The van der Waals surface area contributed by atoms with Crippen LogP contribution < -0.4 is 0 Å². The predicted molar refractivity (Wildman–Crippen MR) is 99.1 cm³/mol. The van der Waals surface area contributed by atoms with Crippen molar-refractivity contribution in [3.05, 3.63) is 41.5 Å². The molecule has 0 heterocycles. The Morgan fingerprint density at radius 3 is 2.32 bits per heavy atom. The molecule has 0 aliphatic heterocycles. The summed E-state index contributed by atoms with van der Waals surface area (Å²) in [7, 11) is 0. The third-order valence-electron chi connectivity index (χ3n) is 4.84. The summed E-state index contributed by atoms with van der Waals surface area (Å²) in [5, 5.41) is 3.00. The van der Waals surface area contributed by atoms with Crippen molar-refractivity contribution in [1.29, 1.82) is 0 Å². The number of rotatable bonds is 6. The van der Waals surface area contributed by atoms with E-state index < -0.39 is 0 Å². The summed E-state index contributed by atoms with van der Waals surface area (Å²) in [5.41, 5.74) is 3.11. The lowest BCUT2D eigenvalue weighted by molar-refractivity contribution is 0.192. The number of thioether (sulfide) groups is 1. The van der Waals surface area contributed by atoms with Gasteiger partial charge in [0.2, 0.25) is 0 Å². The molecule has 0 fully saturated rings. The van der Waals surface area contributed by atoms with Gasteiger partial charge in [0.1, 0.15) is 0 Å². The lowest BCUT2D eigenvalue weighted by atomic mass is 9.85. The van der Waals surface area contributed by atoms with E-state index in [0.29, 0.717) is 6.04 Å². The second kappa shape index (κ2) is 7.06. The Morgan fingerprint density at radius 2 is 1.68 bits per heavy atom. The lowest BCUT2D eigenvalue weighted by Gasteiger charge is -2.35. The molecule has 0 bridgehead atoms. The third-order valence-corrected chi connectivity index (χ3v) is 5.64. The molecule has 3 rings (SSSR count). The first-order chi connectivity index (χ1) is 10.8. The molecule has 0 amide bonds. The Bertz CT molecular complexity index is 631. The van der Waals surface area contributed by atoms with Gasteiger partial charge in [0.15, 0.2) is 0 Å². The van der Waals surface area contributed by atoms with Gasteiger partial charge in [-0.05, 0) is 73.0 Å². The van der Waals surface area contributed by atoms with E-state index in [2.05, 4.69) is 55.3 Å². The highest BCUT2D eigenvalue weighted by Gasteiger charge is 2.25. The van der Waals surface area contributed by atoms with Crippen molar-refractivity contribution in [2.24, 2.45) is 0 Å².